The first-order valence-electron chi connectivity index (χ1n) is 9.96. The van der Waals surface area contributed by atoms with Crippen LogP contribution in [0.3, 0.4) is 0 Å². The van der Waals surface area contributed by atoms with Crippen molar-refractivity contribution in [1.82, 2.24) is 0 Å². The van der Waals surface area contributed by atoms with Crippen molar-refractivity contribution in [1.29, 1.82) is 0 Å². The van der Waals surface area contributed by atoms with E-state index in [2.05, 4.69) is 108 Å². The fourth-order valence-corrected chi connectivity index (χ4v) is 4.46. The molecule has 6 aromatic rings. The predicted molar refractivity (Wildman–Crippen MR) is 125 cm³/mol. The summed E-state index contributed by atoms with van der Waals surface area (Å²) in [6.45, 7) is 0. The molecule has 0 aliphatic rings. The van der Waals surface area contributed by atoms with Crippen LogP contribution in [0, 0.1) is 0 Å². The van der Waals surface area contributed by atoms with E-state index < -0.39 is 0 Å². The summed E-state index contributed by atoms with van der Waals surface area (Å²) < 4.78 is 0. The van der Waals surface area contributed by atoms with Crippen molar-refractivity contribution < 1.29 is 0 Å². The molecule has 1 N–H and O–H groups in total. The zero-order valence-corrected chi connectivity index (χ0v) is 15.9. The minimum atomic E-state index is 1.10. The summed E-state index contributed by atoms with van der Waals surface area (Å²) in [6.07, 6.45) is 0. The van der Waals surface area contributed by atoms with E-state index in [-0.39, 0.29) is 0 Å². The minimum Gasteiger partial charge on any atom is -0.355 e. The maximum atomic E-state index is 3.60. The van der Waals surface area contributed by atoms with Crippen LogP contribution in [0.2, 0.25) is 0 Å². The van der Waals surface area contributed by atoms with Gasteiger partial charge in [-0.1, -0.05) is 91.0 Å². The largest absolute Gasteiger partial charge is 0.355 e. The standard InChI is InChI=1S/C28H19N/c1-3-7-19(8-4-1)23-15-11-20-13-17-25-26(29-22-9-5-2-6-10-22)18-14-21-12-16-24(23)27(20)28(21)25/h1-18,29H. The molecule has 0 atom stereocenters. The molecule has 0 aliphatic carbocycles. The average molecular weight is 369 g/mol. The lowest BCUT2D eigenvalue weighted by molar-refractivity contribution is 1.58. The van der Waals surface area contributed by atoms with E-state index in [0.717, 1.165) is 11.4 Å². The zero-order valence-electron chi connectivity index (χ0n) is 15.9. The molecule has 6 rings (SSSR count). The summed E-state index contributed by atoms with van der Waals surface area (Å²) in [5.41, 5.74) is 4.79. The monoisotopic (exact) mass is 369 g/mol. The quantitative estimate of drug-likeness (QED) is 0.312. The van der Waals surface area contributed by atoms with E-state index in [1.165, 1.54) is 43.4 Å². The van der Waals surface area contributed by atoms with Gasteiger partial charge in [0.2, 0.25) is 0 Å². The third-order valence-electron chi connectivity index (χ3n) is 5.80. The van der Waals surface area contributed by atoms with Gasteiger partial charge < -0.3 is 5.32 Å². The molecule has 136 valence electrons. The number of para-hydroxylation sites is 1. The smallest absolute Gasteiger partial charge is 0.0464 e. The maximum absolute atomic E-state index is 3.60. The maximum Gasteiger partial charge on any atom is 0.0464 e. The van der Waals surface area contributed by atoms with E-state index in [1.807, 2.05) is 6.07 Å². The normalized spacial score (nSPS) is 11.4. The fourth-order valence-electron chi connectivity index (χ4n) is 4.46. The van der Waals surface area contributed by atoms with Gasteiger partial charge in [-0.3, -0.25) is 0 Å². The van der Waals surface area contributed by atoms with Gasteiger partial charge in [-0.15, -0.1) is 0 Å². The van der Waals surface area contributed by atoms with Crippen LogP contribution in [0.25, 0.3) is 43.4 Å². The average Bonchev–Trinajstić information content (AvgIpc) is 2.79. The van der Waals surface area contributed by atoms with Crippen molar-refractivity contribution in [2.75, 3.05) is 5.32 Å². The van der Waals surface area contributed by atoms with Crippen molar-refractivity contribution in [2.45, 2.75) is 0 Å². The van der Waals surface area contributed by atoms with Gasteiger partial charge in [-0.05, 0) is 56.3 Å². The summed E-state index contributed by atoms with van der Waals surface area (Å²) >= 11 is 0. The molecule has 0 aliphatic heterocycles. The van der Waals surface area contributed by atoms with Crippen LogP contribution in [0.15, 0.2) is 109 Å². The van der Waals surface area contributed by atoms with Gasteiger partial charge in [-0.2, -0.15) is 0 Å². The van der Waals surface area contributed by atoms with E-state index in [1.54, 1.807) is 0 Å². The highest BCUT2D eigenvalue weighted by molar-refractivity contribution is 6.27. The Morgan fingerprint density at radius 2 is 1.03 bits per heavy atom. The van der Waals surface area contributed by atoms with E-state index >= 15 is 0 Å². The summed E-state index contributed by atoms with van der Waals surface area (Å²) in [5, 5.41) is 11.4. The number of anilines is 2. The van der Waals surface area contributed by atoms with Crippen LogP contribution in [-0.4, -0.2) is 0 Å². The minimum absolute atomic E-state index is 1.10. The molecule has 0 aromatic heterocycles. The molecule has 0 spiro atoms. The molecule has 0 fully saturated rings. The highest BCUT2D eigenvalue weighted by Gasteiger charge is 2.13. The SMILES string of the molecule is c1ccc(Nc2ccc3ccc4c(-c5ccccc5)ccc5ccc2c3c54)cc1. The van der Waals surface area contributed by atoms with E-state index in [0.29, 0.717) is 0 Å². The third kappa shape index (κ3) is 2.55. The number of benzene rings is 6. The van der Waals surface area contributed by atoms with E-state index in [4.69, 9.17) is 0 Å². The highest BCUT2D eigenvalue weighted by Crippen LogP contribution is 2.41. The molecule has 0 radical (unpaired) electrons. The lowest BCUT2D eigenvalue weighted by atomic mass is 9.89. The Hall–Kier alpha value is -3.84. The number of rotatable bonds is 3. The first-order chi connectivity index (χ1) is 14.4. The third-order valence-corrected chi connectivity index (χ3v) is 5.80. The molecule has 1 nitrogen and oxygen atoms in total. The highest BCUT2D eigenvalue weighted by atomic mass is 14.9. The number of hydrogen-bond acceptors (Lipinski definition) is 1. The van der Waals surface area contributed by atoms with Crippen molar-refractivity contribution >= 4 is 43.7 Å². The lowest BCUT2D eigenvalue weighted by Crippen LogP contribution is -1.93. The van der Waals surface area contributed by atoms with Crippen LogP contribution < -0.4 is 5.32 Å². The molecule has 0 unspecified atom stereocenters. The topological polar surface area (TPSA) is 12.0 Å². The van der Waals surface area contributed by atoms with Crippen molar-refractivity contribution in [3.05, 3.63) is 109 Å². The second-order valence-corrected chi connectivity index (χ2v) is 7.51. The summed E-state index contributed by atoms with van der Waals surface area (Å²) in [5.74, 6) is 0. The van der Waals surface area contributed by atoms with Crippen molar-refractivity contribution in [3.63, 3.8) is 0 Å². The van der Waals surface area contributed by atoms with Gasteiger partial charge in [0.25, 0.3) is 0 Å². The van der Waals surface area contributed by atoms with Gasteiger partial charge in [0.1, 0.15) is 0 Å². The van der Waals surface area contributed by atoms with Crippen LogP contribution in [-0.2, 0) is 0 Å². The van der Waals surface area contributed by atoms with Crippen molar-refractivity contribution in [3.8, 4) is 11.1 Å². The number of nitrogens with one attached hydrogen (secondary N) is 1. The van der Waals surface area contributed by atoms with Gasteiger partial charge in [0.05, 0.1) is 0 Å². The molecule has 0 heterocycles. The van der Waals surface area contributed by atoms with Crippen LogP contribution in [0.1, 0.15) is 0 Å². The Bertz CT molecular complexity index is 1450. The van der Waals surface area contributed by atoms with Gasteiger partial charge >= 0.3 is 0 Å². The molecule has 0 saturated heterocycles. The molecule has 0 amide bonds. The van der Waals surface area contributed by atoms with Gasteiger partial charge in [-0.25, -0.2) is 0 Å². The Morgan fingerprint density at radius 3 is 1.79 bits per heavy atom. The Labute approximate surface area is 169 Å². The van der Waals surface area contributed by atoms with Crippen molar-refractivity contribution in [2.24, 2.45) is 0 Å². The Morgan fingerprint density at radius 1 is 0.448 bits per heavy atom. The van der Waals surface area contributed by atoms with E-state index in [9.17, 15) is 0 Å². The molecule has 6 aromatic carbocycles. The second-order valence-electron chi connectivity index (χ2n) is 7.51. The summed E-state index contributed by atoms with van der Waals surface area (Å²) in [7, 11) is 0. The van der Waals surface area contributed by atoms with Crippen LogP contribution >= 0.6 is 0 Å². The first kappa shape index (κ1) is 16.1. The Balaban J connectivity index is 1.66. The van der Waals surface area contributed by atoms with Crippen LogP contribution in [0.5, 0.6) is 0 Å². The van der Waals surface area contributed by atoms with Gasteiger partial charge in [0.15, 0.2) is 0 Å². The zero-order chi connectivity index (χ0) is 19.2. The predicted octanol–water partition coefficient (Wildman–Crippen LogP) is 7.99. The molecule has 29 heavy (non-hydrogen) atoms. The second kappa shape index (κ2) is 6.35. The summed E-state index contributed by atoms with van der Waals surface area (Å²) in [4.78, 5) is 0. The molecule has 0 bridgehead atoms. The lowest BCUT2D eigenvalue weighted by Gasteiger charge is -2.17. The van der Waals surface area contributed by atoms with Crippen LogP contribution in [0.4, 0.5) is 11.4 Å². The van der Waals surface area contributed by atoms with Gasteiger partial charge in [0, 0.05) is 16.8 Å². The first-order valence-corrected chi connectivity index (χ1v) is 9.96. The number of hydrogen-bond donors (Lipinski definition) is 1. The Kier molecular flexibility index (Phi) is 3.54. The molecule has 1 heteroatoms. The fraction of sp³-hybridized carbons (Fsp3) is 0. The molecular formula is C28H19N. The summed E-state index contributed by atoms with van der Waals surface area (Å²) in [6, 6.07) is 39.0. The molecular weight excluding hydrogens is 350 g/mol. The molecule has 0 saturated carbocycles.